The SMILES string of the molecule is Cc1ccc2c(CNC[C@H]3CCCO3)c(C(=O)O)n(Cc3ccccc3F)c2c1. The number of fused-ring (bicyclic) bond motifs is 1. The van der Waals surface area contributed by atoms with E-state index in [1.807, 2.05) is 25.1 Å². The van der Waals surface area contributed by atoms with Gasteiger partial charge in [-0.05, 0) is 37.5 Å². The lowest BCUT2D eigenvalue weighted by atomic mass is 10.1. The van der Waals surface area contributed by atoms with Crippen LogP contribution in [-0.2, 0) is 17.8 Å². The molecule has 152 valence electrons. The largest absolute Gasteiger partial charge is 0.477 e. The summed E-state index contributed by atoms with van der Waals surface area (Å²) < 4.78 is 21.6. The molecule has 1 atom stereocenters. The zero-order valence-electron chi connectivity index (χ0n) is 16.5. The van der Waals surface area contributed by atoms with Gasteiger partial charge in [-0.1, -0.05) is 30.3 Å². The Morgan fingerprint density at radius 2 is 2.14 bits per heavy atom. The molecule has 2 aromatic carbocycles. The molecule has 0 radical (unpaired) electrons. The minimum atomic E-state index is -1.01. The fourth-order valence-electron chi connectivity index (χ4n) is 4.08. The number of hydrogen-bond donors (Lipinski definition) is 2. The van der Waals surface area contributed by atoms with Gasteiger partial charge in [0.15, 0.2) is 0 Å². The van der Waals surface area contributed by atoms with E-state index in [0.29, 0.717) is 18.7 Å². The molecule has 3 aromatic rings. The first-order valence-corrected chi connectivity index (χ1v) is 9.95. The Morgan fingerprint density at radius 1 is 1.31 bits per heavy atom. The van der Waals surface area contributed by atoms with Crippen LogP contribution in [0.4, 0.5) is 4.39 Å². The van der Waals surface area contributed by atoms with Crippen molar-refractivity contribution in [3.05, 3.63) is 70.7 Å². The molecule has 1 aromatic heterocycles. The van der Waals surface area contributed by atoms with E-state index in [-0.39, 0.29) is 24.2 Å². The third kappa shape index (κ3) is 4.04. The van der Waals surface area contributed by atoms with Crippen molar-refractivity contribution in [1.29, 1.82) is 0 Å². The maximum atomic E-state index is 14.3. The normalized spacial score (nSPS) is 16.6. The average molecular weight is 396 g/mol. The zero-order chi connectivity index (χ0) is 20.4. The van der Waals surface area contributed by atoms with E-state index < -0.39 is 5.97 Å². The monoisotopic (exact) mass is 396 g/mol. The summed E-state index contributed by atoms with van der Waals surface area (Å²) in [6, 6.07) is 12.4. The molecular weight excluding hydrogens is 371 g/mol. The number of nitrogens with one attached hydrogen (secondary N) is 1. The van der Waals surface area contributed by atoms with Gasteiger partial charge in [-0.2, -0.15) is 0 Å². The fourth-order valence-corrected chi connectivity index (χ4v) is 4.08. The van der Waals surface area contributed by atoms with Crippen molar-refractivity contribution in [2.75, 3.05) is 13.2 Å². The summed E-state index contributed by atoms with van der Waals surface area (Å²) in [5, 5.41) is 14.2. The van der Waals surface area contributed by atoms with Crippen molar-refractivity contribution < 1.29 is 19.0 Å². The molecule has 4 rings (SSSR count). The van der Waals surface area contributed by atoms with Gasteiger partial charge in [-0.3, -0.25) is 0 Å². The summed E-state index contributed by atoms with van der Waals surface area (Å²) in [5.41, 5.74) is 3.22. The molecule has 5 nitrogen and oxygen atoms in total. The average Bonchev–Trinajstić information content (AvgIpc) is 3.30. The van der Waals surface area contributed by atoms with Crippen molar-refractivity contribution in [2.24, 2.45) is 0 Å². The topological polar surface area (TPSA) is 63.5 Å². The van der Waals surface area contributed by atoms with Crippen LogP contribution in [0.3, 0.4) is 0 Å². The van der Waals surface area contributed by atoms with Gasteiger partial charge in [-0.25, -0.2) is 9.18 Å². The van der Waals surface area contributed by atoms with Gasteiger partial charge < -0.3 is 19.7 Å². The molecule has 1 saturated heterocycles. The van der Waals surface area contributed by atoms with E-state index in [4.69, 9.17) is 4.74 Å². The van der Waals surface area contributed by atoms with Gasteiger partial charge in [0, 0.05) is 41.7 Å². The fraction of sp³-hybridized carbons (Fsp3) is 0.348. The number of carbonyl (C=O) groups is 1. The highest BCUT2D eigenvalue weighted by atomic mass is 19.1. The predicted molar refractivity (Wildman–Crippen MR) is 110 cm³/mol. The highest BCUT2D eigenvalue weighted by molar-refractivity contribution is 5.98. The van der Waals surface area contributed by atoms with E-state index in [1.54, 1.807) is 22.8 Å². The number of nitrogens with zero attached hydrogens (tertiary/aromatic N) is 1. The van der Waals surface area contributed by atoms with E-state index >= 15 is 0 Å². The lowest BCUT2D eigenvalue weighted by Crippen LogP contribution is -2.26. The van der Waals surface area contributed by atoms with Crippen molar-refractivity contribution in [3.63, 3.8) is 0 Å². The molecule has 2 N–H and O–H groups in total. The van der Waals surface area contributed by atoms with Crippen molar-refractivity contribution in [2.45, 2.75) is 39.0 Å². The number of aromatic carboxylic acids is 1. The van der Waals surface area contributed by atoms with Crippen LogP contribution >= 0.6 is 0 Å². The van der Waals surface area contributed by atoms with Crippen molar-refractivity contribution in [1.82, 2.24) is 9.88 Å². The number of aromatic nitrogens is 1. The molecule has 0 saturated carbocycles. The van der Waals surface area contributed by atoms with Gasteiger partial charge in [0.2, 0.25) is 0 Å². The van der Waals surface area contributed by atoms with E-state index in [0.717, 1.165) is 41.5 Å². The molecule has 0 amide bonds. The molecule has 0 unspecified atom stereocenters. The number of hydrogen-bond acceptors (Lipinski definition) is 3. The number of ether oxygens (including phenoxy) is 1. The second-order valence-corrected chi connectivity index (χ2v) is 7.60. The Hall–Kier alpha value is -2.70. The Bertz CT molecular complexity index is 1040. The van der Waals surface area contributed by atoms with Crippen LogP contribution in [0.1, 0.15) is 40.0 Å². The smallest absolute Gasteiger partial charge is 0.352 e. The number of halogens is 1. The molecule has 6 heteroatoms. The van der Waals surface area contributed by atoms with Crippen molar-refractivity contribution >= 4 is 16.9 Å². The molecule has 29 heavy (non-hydrogen) atoms. The Morgan fingerprint density at radius 3 is 2.86 bits per heavy atom. The van der Waals surface area contributed by atoms with Crippen molar-refractivity contribution in [3.8, 4) is 0 Å². The lowest BCUT2D eigenvalue weighted by molar-refractivity contribution is 0.0684. The van der Waals surface area contributed by atoms with Gasteiger partial charge in [0.1, 0.15) is 11.5 Å². The molecular formula is C23H25FN2O3. The summed E-state index contributed by atoms with van der Waals surface area (Å²) in [4.78, 5) is 12.2. The number of carboxylic acids is 1. The van der Waals surface area contributed by atoms with E-state index in [1.165, 1.54) is 6.07 Å². The third-order valence-electron chi connectivity index (χ3n) is 5.51. The van der Waals surface area contributed by atoms with Gasteiger partial charge in [-0.15, -0.1) is 0 Å². The number of aryl methyl sites for hydroxylation is 1. The lowest BCUT2D eigenvalue weighted by Gasteiger charge is -2.12. The molecule has 0 bridgehead atoms. The molecule has 1 aliphatic rings. The number of rotatable bonds is 7. The van der Waals surface area contributed by atoms with E-state index in [9.17, 15) is 14.3 Å². The van der Waals surface area contributed by atoms with Crippen LogP contribution in [0, 0.1) is 12.7 Å². The second-order valence-electron chi connectivity index (χ2n) is 7.60. The summed E-state index contributed by atoms with van der Waals surface area (Å²) in [6.45, 7) is 4.03. The Balaban J connectivity index is 1.74. The molecule has 0 aliphatic carbocycles. The molecule has 1 aliphatic heterocycles. The van der Waals surface area contributed by atoms with E-state index in [2.05, 4.69) is 5.32 Å². The summed E-state index contributed by atoms with van der Waals surface area (Å²) in [6.07, 6.45) is 2.26. The molecule has 1 fully saturated rings. The Labute approximate surface area is 169 Å². The summed E-state index contributed by atoms with van der Waals surface area (Å²) in [5.74, 6) is -1.35. The first-order valence-electron chi connectivity index (χ1n) is 9.95. The second kappa shape index (κ2) is 8.35. The Kier molecular flexibility index (Phi) is 5.65. The minimum absolute atomic E-state index is 0.167. The highest BCUT2D eigenvalue weighted by Crippen LogP contribution is 2.29. The predicted octanol–water partition coefficient (Wildman–Crippen LogP) is 4.10. The van der Waals surface area contributed by atoms with Gasteiger partial charge in [0.05, 0.1) is 12.6 Å². The van der Waals surface area contributed by atoms with Crippen LogP contribution in [0.25, 0.3) is 10.9 Å². The van der Waals surface area contributed by atoms with Crippen LogP contribution < -0.4 is 5.32 Å². The first kappa shape index (κ1) is 19.6. The third-order valence-corrected chi connectivity index (χ3v) is 5.51. The van der Waals surface area contributed by atoms with Crippen LogP contribution in [0.2, 0.25) is 0 Å². The minimum Gasteiger partial charge on any atom is -0.477 e. The maximum absolute atomic E-state index is 14.3. The van der Waals surface area contributed by atoms with Crippen LogP contribution in [-0.4, -0.2) is 34.9 Å². The highest BCUT2D eigenvalue weighted by Gasteiger charge is 2.23. The number of benzene rings is 2. The van der Waals surface area contributed by atoms with Crippen LogP contribution in [0.5, 0.6) is 0 Å². The standard InChI is InChI=1S/C23H25FN2O3/c1-15-8-9-18-19(13-25-12-17-6-4-10-29-17)22(23(27)28)26(21(18)11-15)14-16-5-2-3-7-20(16)24/h2-3,5,7-9,11,17,25H,4,6,10,12-14H2,1H3,(H,27,28)/t17-/m1/s1. The zero-order valence-corrected chi connectivity index (χ0v) is 16.5. The van der Waals surface area contributed by atoms with Gasteiger partial charge in [0.25, 0.3) is 0 Å². The first-order chi connectivity index (χ1) is 14.0. The van der Waals surface area contributed by atoms with Crippen LogP contribution in [0.15, 0.2) is 42.5 Å². The molecule has 2 heterocycles. The summed E-state index contributed by atoms with van der Waals surface area (Å²) in [7, 11) is 0. The van der Waals surface area contributed by atoms with Gasteiger partial charge >= 0.3 is 5.97 Å². The summed E-state index contributed by atoms with van der Waals surface area (Å²) >= 11 is 0. The quantitative estimate of drug-likeness (QED) is 0.631. The maximum Gasteiger partial charge on any atom is 0.352 e. The number of carboxylic acid groups (broad SMARTS) is 1. The molecule has 0 spiro atoms.